The third kappa shape index (κ3) is 4.06. The normalized spacial score (nSPS) is 19.3. The van der Waals surface area contributed by atoms with E-state index in [1.807, 2.05) is 0 Å². The molecule has 1 N–H and O–H groups in total. The van der Waals surface area contributed by atoms with E-state index in [4.69, 9.17) is 0 Å². The van der Waals surface area contributed by atoms with Crippen LogP contribution in [0.1, 0.15) is 12.0 Å². The Hall–Kier alpha value is -2.36. The average molecular weight is 386 g/mol. The first-order chi connectivity index (χ1) is 12.2. The van der Waals surface area contributed by atoms with E-state index in [9.17, 15) is 21.6 Å². The zero-order valence-corrected chi connectivity index (χ0v) is 14.7. The van der Waals surface area contributed by atoms with Crippen molar-refractivity contribution >= 4 is 27.2 Å². The molecule has 3 rings (SSSR count). The van der Waals surface area contributed by atoms with Gasteiger partial charge < -0.3 is 10.2 Å². The van der Waals surface area contributed by atoms with Gasteiger partial charge in [0.05, 0.1) is 22.8 Å². The maximum absolute atomic E-state index is 13.1. The number of sulfone groups is 1. The summed E-state index contributed by atoms with van der Waals surface area (Å²) in [7, 11) is -1.35. The van der Waals surface area contributed by atoms with Gasteiger partial charge in [0.25, 0.3) is 0 Å². The molecule has 0 radical (unpaired) electrons. The molecule has 10 heteroatoms. The molecule has 1 saturated heterocycles. The van der Waals surface area contributed by atoms with E-state index in [1.165, 1.54) is 30.6 Å². The smallest absolute Gasteiger partial charge is 0.355 e. The van der Waals surface area contributed by atoms with Crippen molar-refractivity contribution in [1.82, 2.24) is 9.97 Å². The second-order valence-corrected chi connectivity index (χ2v) is 8.33. The van der Waals surface area contributed by atoms with Crippen molar-refractivity contribution < 1.29 is 21.6 Å². The van der Waals surface area contributed by atoms with Gasteiger partial charge in [-0.15, -0.1) is 0 Å². The standard InChI is InChI=1S/C16H17F3N4O2S/c1-23(11-6-7-26(24,25)9-11)15-8-14(20-10-21-15)22-13-5-3-2-4-12(13)16(17,18)19/h2-5,8,10-11H,6-7,9H2,1H3,(H,20,21,22). The van der Waals surface area contributed by atoms with Crippen molar-refractivity contribution in [2.24, 2.45) is 0 Å². The Labute approximate surface area is 149 Å². The van der Waals surface area contributed by atoms with Crippen LogP contribution in [0.4, 0.5) is 30.5 Å². The summed E-state index contributed by atoms with van der Waals surface area (Å²) in [5.74, 6) is 0.790. The van der Waals surface area contributed by atoms with E-state index in [0.29, 0.717) is 12.2 Å². The molecule has 6 nitrogen and oxygen atoms in total. The highest BCUT2D eigenvalue weighted by Gasteiger charge is 2.33. The van der Waals surface area contributed by atoms with Gasteiger partial charge in [0.15, 0.2) is 9.84 Å². The summed E-state index contributed by atoms with van der Waals surface area (Å²) in [5, 5.41) is 2.67. The number of anilines is 3. The fourth-order valence-electron chi connectivity index (χ4n) is 2.85. The first-order valence-electron chi connectivity index (χ1n) is 7.84. The van der Waals surface area contributed by atoms with Crippen LogP contribution in [0.15, 0.2) is 36.7 Å². The molecule has 2 aromatic rings. The highest BCUT2D eigenvalue weighted by molar-refractivity contribution is 7.91. The van der Waals surface area contributed by atoms with Crippen LogP contribution in [0, 0.1) is 0 Å². The first-order valence-corrected chi connectivity index (χ1v) is 9.66. The van der Waals surface area contributed by atoms with Gasteiger partial charge in [0, 0.05) is 19.2 Å². The van der Waals surface area contributed by atoms with Crippen LogP contribution in [0.2, 0.25) is 0 Å². The van der Waals surface area contributed by atoms with Crippen molar-refractivity contribution in [2.75, 3.05) is 28.8 Å². The summed E-state index contributed by atoms with van der Waals surface area (Å²) in [6.45, 7) is 0. The molecule has 0 saturated carbocycles. The van der Waals surface area contributed by atoms with Crippen LogP contribution >= 0.6 is 0 Å². The van der Waals surface area contributed by atoms with Gasteiger partial charge in [-0.3, -0.25) is 0 Å². The Bertz CT molecular complexity index is 902. The highest BCUT2D eigenvalue weighted by Crippen LogP contribution is 2.35. The van der Waals surface area contributed by atoms with Crippen LogP contribution in [-0.2, 0) is 16.0 Å². The zero-order chi connectivity index (χ0) is 18.9. The molecule has 0 bridgehead atoms. The Kier molecular flexibility index (Phi) is 4.78. The monoisotopic (exact) mass is 386 g/mol. The fraction of sp³-hybridized carbons (Fsp3) is 0.375. The van der Waals surface area contributed by atoms with E-state index < -0.39 is 21.6 Å². The van der Waals surface area contributed by atoms with Gasteiger partial charge in [0.1, 0.15) is 18.0 Å². The summed E-state index contributed by atoms with van der Waals surface area (Å²) < 4.78 is 62.6. The molecule has 1 atom stereocenters. The van der Waals surface area contributed by atoms with Crippen LogP contribution in [0.25, 0.3) is 0 Å². The zero-order valence-electron chi connectivity index (χ0n) is 13.9. The lowest BCUT2D eigenvalue weighted by Gasteiger charge is -2.24. The SMILES string of the molecule is CN(c1cc(Nc2ccccc2C(F)(F)F)ncn1)C1CCS(=O)(=O)C1. The Morgan fingerprint density at radius 1 is 1.23 bits per heavy atom. The number of aromatic nitrogens is 2. The van der Waals surface area contributed by atoms with Crippen LogP contribution in [-0.4, -0.2) is 43.0 Å². The van der Waals surface area contributed by atoms with Gasteiger partial charge in [0.2, 0.25) is 0 Å². The molecule has 1 unspecified atom stereocenters. The Morgan fingerprint density at radius 3 is 2.62 bits per heavy atom. The van der Waals surface area contributed by atoms with Crippen LogP contribution in [0.5, 0.6) is 0 Å². The van der Waals surface area contributed by atoms with Crippen molar-refractivity contribution in [3.63, 3.8) is 0 Å². The molecule has 1 aromatic carbocycles. The summed E-state index contributed by atoms with van der Waals surface area (Å²) in [6, 6.07) is 6.39. The number of halogens is 3. The van der Waals surface area contributed by atoms with E-state index in [0.717, 1.165) is 6.07 Å². The fourth-order valence-corrected chi connectivity index (χ4v) is 4.63. The number of hydrogen-bond donors (Lipinski definition) is 1. The number of rotatable bonds is 4. The largest absolute Gasteiger partial charge is 0.418 e. The molecular formula is C16H17F3N4O2S. The third-order valence-corrected chi connectivity index (χ3v) is 6.02. The van der Waals surface area contributed by atoms with Crippen molar-refractivity contribution in [3.8, 4) is 0 Å². The molecule has 1 aliphatic heterocycles. The van der Waals surface area contributed by atoms with Gasteiger partial charge in [-0.2, -0.15) is 13.2 Å². The molecule has 0 amide bonds. The predicted molar refractivity (Wildman–Crippen MR) is 92.2 cm³/mol. The lowest BCUT2D eigenvalue weighted by Crippen LogP contribution is -2.33. The predicted octanol–water partition coefficient (Wildman–Crippen LogP) is 2.86. The minimum atomic E-state index is -4.49. The number of benzene rings is 1. The first kappa shape index (κ1) is 18.4. The molecule has 140 valence electrons. The number of nitrogens with one attached hydrogen (secondary N) is 1. The highest BCUT2D eigenvalue weighted by atomic mass is 32.2. The van der Waals surface area contributed by atoms with Gasteiger partial charge in [-0.25, -0.2) is 18.4 Å². The summed E-state index contributed by atoms with van der Waals surface area (Å²) >= 11 is 0. The molecular weight excluding hydrogens is 369 g/mol. The minimum Gasteiger partial charge on any atom is -0.355 e. The van der Waals surface area contributed by atoms with E-state index in [1.54, 1.807) is 11.9 Å². The van der Waals surface area contributed by atoms with Crippen LogP contribution < -0.4 is 10.2 Å². The lowest BCUT2D eigenvalue weighted by atomic mass is 10.1. The number of alkyl halides is 3. The third-order valence-electron chi connectivity index (χ3n) is 4.27. The molecule has 2 heterocycles. The minimum absolute atomic E-state index is 0.0349. The second kappa shape index (κ2) is 6.75. The summed E-state index contributed by atoms with van der Waals surface area (Å²) in [4.78, 5) is 9.78. The molecule has 0 aliphatic carbocycles. The molecule has 0 spiro atoms. The summed E-state index contributed by atoms with van der Waals surface area (Å²) in [5.41, 5.74) is -0.911. The van der Waals surface area contributed by atoms with Gasteiger partial charge in [-0.05, 0) is 18.6 Å². The Morgan fingerprint density at radius 2 is 1.96 bits per heavy atom. The average Bonchev–Trinajstić information content (AvgIpc) is 2.94. The molecule has 1 aromatic heterocycles. The van der Waals surface area contributed by atoms with Gasteiger partial charge >= 0.3 is 6.18 Å². The maximum Gasteiger partial charge on any atom is 0.418 e. The van der Waals surface area contributed by atoms with Crippen molar-refractivity contribution in [3.05, 3.63) is 42.2 Å². The topological polar surface area (TPSA) is 75.2 Å². The van der Waals surface area contributed by atoms with Crippen molar-refractivity contribution in [2.45, 2.75) is 18.6 Å². The maximum atomic E-state index is 13.1. The van der Waals surface area contributed by atoms with E-state index in [2.05, 4.69) is 15.3 Å². The van der Waals surface area contributed by atoms with Crippen molar-refractivity contribution in [1.29, 1.82) is 0 Å². The summed E-state index contributed by atoms with van der Waals surface area (Å²) in [6.07, 6.45) is -2.77. The van der Waals surface area contributed by atoms with E-state index in [-0.39, 0.29) is 29.1 Å². The van der Waals surface area contributed by atoms with E-state index >= 15 is 0 Å². The van der Waals surface area contributed by atoms with Crippen LogP contribution in [0.3, 0.4) is 0 Å². The lowest BCUT2D eigenvalue weighted by molar-refractivity contribution is -0.136. The number of nitrogens with zero attached hydrogens (tertiary/aromatic N) is 3. The van der Waals surface area contributed by atoms with Gasteiger partial charge in [-0.1, -0.05) is 12.1 Å². The quantitative estimate of drug-likeness (QED) is 0.871. The second-order valence-electron chi connectivity index (χ2n) is 6.10. The molecule has 1 fully saturated rings. The number of hydrogen-bond acceptors (Lipinski definition) is 6. The number of para-hydroxylation sites is 1. The Balaban J connectivity index is 1.83. The molecule has 1 aliphatic rings. The molecule has 26 heavy (non-hydrogen) atoms.